The molecule has 176 valence electrons. The molecule has 5 amide bonds. The number of amides is 5. The fourth-order valence-corrected chi connectivity index (χ4v) is 3.62. The van der Waals surface area contributed by atoms with Crippen LogP contribution in [0.25, 0.3) is 0 Å². The first-order chi connectivity index (χ1) is 14.9. The minimum atomic E-state index is -0.878. The monoisotopic (exact) mass is 466 g/mol. The summed E-state index contributed by atoms with van der Waals surface area (Å²) < 4.78 is 5.45. The molecule has 2 atom stereocenters. The van der Waals surface area contributed by atoms with E-state index in [1.165, 1.54) is 29.2 Å². The highest BCUT2D eigenvalue weighted by Gasteiger charge is 2.36. The molecule has 0 bridgehead atoms. The third-order valence-electron chi connectivity index (χ3n) is 4.95. The summed E-state index contributed by atoms with van der Waals surface area (Å²) in [5.41, 5.74) is 1.89. The molecule has 10 heteroatoms. The van der Waals surface area contributed by atoms with Gasteiger partial charge in [0.25, 0.3) is 5.91 Å². The summed E-state index contributed by atoms with van der Waals surface area (Å²) in [6.45, 7) is 5.14. The highest BCUT2D eigenvalue weighted by Crippen LogP contribution is 2.29. The molecule has 0 heterocycles. The predicted octanol–water partition coefficient (Wildman–Crippen LogP) is 3.58. The molecule has 2 rings (SSSR count). The summed E-state index contributed by atoms with van der Waals surface area (Å²) in [5, 5.41) is 3.75. The lowest BCUT2D eigenvalue weighted by atomic mass is 9.84. The summed E-state index contributed by atoms with van der Waals surface area (Å²) in [5.74, 6) is -0.942. The highest BCUT2D eigenvalue weighted by molar-refractivity contribution is 6.30. The quantitative estimate of drug-likeness (QED) is 0.662. The molecule has 1 unspecified atom stereocenters. The minimum absolute atomic E-state index is 0.0267. The number of nitrogens with one attached hydrogen (secondary N) is 2. The van der Waals surface area contributed by atoms with E-state index in [9.17, 15) is 19.2 Å². The molecule has 32 heavy (non-hydrogen) atoms. The van der Waals surface area contributed by atoms with E-state index in [4.69, 9.17) is 16.3 Å². The summed E-state index contributed by atoms with van der Waals surface area (Å²) in [6.07, 6.45) is 1.62. The van der Waals surface area contributed by atoms with E-state index < -0.39 is 29.7 Å². The maximum Gasteiger partial charge on any atom is 0.429 e. The molecule has 9 nitrogen and oxygen atoms in total. The van der Waals surface area contributed by atoms with E-state index in [0.717, 1.165) is 5.01 Å². The number of carbonyl (C=O) groups is 4. The van der Waals surface area contributed by atoms with Gasteiger partial charge in [-0.05, 0) is 64.3 Å². The fourth-order valence-electron chi connectivity index (χ4n) is 3.50. The number of urea groups is 1. The van der Waals surface area contributed by atoms with Gasteiger partial charge in [-0.15, -0.1) is 0 Å². The van der Waals surface area contributed by atoms with Crippen LogP contribution in [0.1, 0.15) is 56.8 Å². The normalized spacial score (nSPS) is 18.3. The Morgan fingerprint density at radius 2 is 1.69 bits per heavy atom. The Kier molecular flexibility index (Phi) is 8.49. The summed E-state index contributed by atoms with van der Waals surface area (Å²) >= 11 is 5.82. The Bertz CT molecular complexity index is 851. The number of hydrogen-bond acceptors (Lipinski definition) is 5. The van der Waals surface area contributed by atoms with Crippen molar-refractivity contribution in [1.29, 1.82) is 0 Å². The third-order valence-corrected chi connectivity index (χ3v) is 5.20. The number of hydrazine groups is 1. The van der Waals surface area contributed by atoms with Crippen LogP contribution < -0.4 is 10.7 Å². The maximum atomic E-state index is 12.9. The van der Waals surface area contributed by atoms with Gasteiger partial charge in [0.05, 0.1) is 6.04 Å². The molecule has 1 aromatic rings. The standard InChI is InChI=1S/C22H31ClN4O5/c1-22(2,3)32-21(31)27(17-8-6-7-15(13-17)19(29)26(4)5)25-20(30)24-18(28)14-9-11-16(23)12-10-14/h9-12,15,17H,6-8,13H2,1-5H3,(H2,24,25,28,30)/t15-,17?/m0/s1. The molecule has 1 saturated carbocycles. The van der Waals surface area contributed by atoms with Gasteiger partial charge in [-0.3, -0.25) is 14.9 Å². The first-order valence-corrected chi connectivity index (χ1v) is 10.9. The minimum Gasteiger partial charge on any atom is -0.442 e. The van der Waals surface area contributed by atoms with Crippen molar-refractivity contribution in [1.82, 2.24) is 20.7 Å². The van der Waals surface area contributed by atoms with Crippen molar-refractivity contribution in [2.75, 3.05) is 14.1 Å². The van der Waals surface area contributed by atoms with Gasteiger partial charge in [0.15, 0.2) is 0 Å². The third kappa shape index (κ3) is 7.40. The topological polar surface area (TPSA) is 108 Å². The molecule has 0 saturated heterocycles. The van der Waals surface area contributed by atoms with Crippen molar-refractivity contribution in [2.24, 2.45) is 5.92 Å². The largest absolute Gasteiger partial charge is 0.442 e. The molecule has 0 radical (unpaired) electrons. The number of hydrogen-bond donors (Lipinski definition) is 2. The molecule has 1 fully saturated rings. The Hall–Kier alpha value is -2.81. The number of ether oxygens (including phenoxy) is 1. The van der Waals surface area contributed by atoms with Crippen LogP contribution in [0.5, 0.6) is 0 Å². The van der Waals surface area contributed by atoms with Crippen LogP contribution in [0.3, 0.4) is 0 Å². The second-order valence-corrected chi connectivity index (χ2v) is 9.44. The van der Waals surface area contributed by atoms with Crippen molar-refractivity contribution in [3.8, 4) is 0 Å². The summed E-state index contributed by atoms with van der Waals surface area (Å²) in [4.78, 5) is 51.7. The number of nitrogens with zero attached hydrogens (tertiary/aromatic N) is 2. The average Bonchev–Trinajstić information content (AvgIpc) is 2.70. The van der Waals surface area contributed by atoms with E-state index in [0.29, 0.717) is 30.7 Å². The first-order valence-electron chi connectivity index (χ1n) is 10.5. The Balaban J connectivity index is 2.14. The lowest BCUT2D eigenvalue weighted by Crippen LogP contribution is -2.57. The zero-order chi connectivity index (χ0) is 24.1. The zero-order valence-electron chi connectivity index (χ0n) is 19.1. The predicted molar refractivity (Wildman–Crippen MR) is 120 cm³/mol. The number of benzene rings is 1. The van der Waals surface area contributed by atoms with Crippen LogP contribution in [-0.2, 0) is 9.53 Å². The van der Waals surface area contributed by atoms with Gasteiger partial charge in [0.2, 0.25) is 5.91 Å². The second-order valence-electron chi connectivity index (χ2n) is 9.00. The van der Waals surface area contributed by atoms with Gasteiger partial charge >= 0.3 is 12.1 Å². The highest BCUT2D eigenvalue weighted by atomic mass is 35.5. The Morgan fingerprint density at radius 3 is 2.25 bits per heavy atom. The maximum absolute atomic E-state index is 12.9. The van der Waals surface area contributed by atoms with Gasteiger partial charge < -0.3 is 9.64 Å². The molecule has 1 aliphatic carbocycles. The molecule has 1 aromatic carbocycles. The van der Waals surface area contributed by atoms with Crippen molar-refractivity contribution in [3.63, 3.8) is 0 Å². The number of carbonyl (C=O) groups excluding carboxylic acids is 4. The van der Waals surface area contributed by atoms with Crippen molar-refractivity contribution < 1.29 is 23.9 Å². The van der Waals surface area contributed by atoms with Crippen LogP contribution in [0.15, 0.2) is 24.3 Å². The molecule has 0 aromatic heterocycles. The SMILES string of the molecule is CN(C)C(=O)[C@H]1CCCC(N(NC(=O)NC(=O)c2ccc(Cl)cc2)C(=O)OC(C)(C)C)C1. The van der Waals surface area contributed by atoms with Crippen LogP contribution in [-0.4, -0.2) is 59.6 Å². The smallest absolute Gasteiger partial charge is 0.429 e. The Labute approximate surface area is 193 Å². The van der Waals surface area contributed by atoms with Crippen molar-refractivity contribution in [3.05, 3.63) is 34.9 Å². The summed E-state index contributed by atoms with van der Waals surface area (Å²) in [7, 11) is 3.37. The van der Waals surface area contributed by atoms with Gasteiger partial charge in [-0.1, -0.05) is 18.0 Å². The van der Waals surface area contributed by atoms with Gasteiger partial charge in [0, 0.05) is 30.6 Å². The van der Waals surface area contributed by atoms with Crippen LogP contribution in [0, 0.1) is 5.92 Å². The van der Waals surface area contributed by atoms with E-state index in [1.807, 2.05) is 0 Å². The zero-order valence-corrected chi connectivity index (χ0v) is 19.9. The average molecular weight is 467 g/mol. The Morgan fingerprint density at radius 1 is 1.06 bits per heavy atom. The fraction of sp³-hybridized carbons (Fsp3) is 0.545. The number of imide groups is 1. The molecule has 0 spiro atoms. The lowest BCUT2D eigenvalue weighted by Gasteiger charge is -2.37. The van der Waals surface area contributed by atoms with E-state index in [2.05, 4.69) is 10.7 Å². The molecule has 0 aliphatic heterocycles. The van der Waals surface area contributed by atoms with Gasteiger partial charge in [0.1, 0.15) is 5.60 Å². The van der Waals surface area contributed by atoms with E-state index in [1.54, 1.807) is 34.9 Å². The van der Waals surface area contributed by atoms with Crippen molar-refractivity contribution in [2.45, 2.75) is 58.1 Å². The van der Waals surface area contributed by atoms with E-state index >= 15 is 0 Å². The lowest BCUT2D eigenvalue weighted by molar-refractivity contribution is -0.134. The number of halogens is 1. The molecule has 1 aliphatic rings. The summed E-state index contributed by atoms with van der Waals surface area (Å²) in [6, 6.07) is 4.70. The first kappa shape index (κ1) is 25.5. The second kappa shape index (κ2) is 10.7. The molecule has 2 N–H and O–H groups in total. The van der Waals surface area contributed by atoms with Crippen molar-refractivity contribution >= 4 is 35.5 Å². The van der Waals surface area contributed by atoms with Crippen LogP contribution in [0.4, 0.5) is 9.59 Å². The molecular weight excluding hydrogens is 436 g/mol. The molecular formula is C22H31ClN4O5. The number of rotatable bonds is 3. The van der Waals surface area contributed by atoms with Crippen LogP contribution in [0.2, 0.25) is 5.02 Å². The van der Waals surface area contributed by atoms with Crippen LogP contribution >= 0.6 is 11.6 Å². The van der Waals surface area contributed by atoms with E-state index in [-0.39, 0.29) is 17.4 Å². The van der Waals surface area contributed by atoms with Gasteiger partial charge in [-0.25, -0.2) is 20.0 Å². The van der Waals surface area contributed by atoms with Gasteiger partial charge in [-0.2, -0.15) is 0 Å².